The normalized spacial score (nSPS) is 10.7. The number of hydrogen-bond donors (Lipinski definition) is 2. The third-order valence-corrected chi connectivity index (χ3v) is 4.38. The number of halogens is 1. The van der Waals surface area contributed by atoms with Crippen molar-refractivity contribution in [2.24, 2.45) is 0 Å². The van der Waals surface area contributed by atoms with Crippen LogP contribution in [0.1, 0.15) is 12.5 Å². The minimum Gasteiger partial charge on any atom is -0.490 e. The van der Waals surface area contributed by atoms with Crippen LogP contribution in [-0.4, -0.2) is 35.1 Å². The largest absolute Gasteiger partial charge is 0.490 e. The number of benzene rings is 2. The predicted molar refractivity (Wildman–Crippen MR) is 114 cm³/mol. The average Bonchev–Trinajstić information content (AvgIpc) is 2.72. The monoisotopic (exact) mass is 489 g/mol. The Labute approximate surface area is 185 Å². The van der Waals surface area contributed by atoms with Crippen LogP contribution in [0.2, 0.25) is 0 Å². The van der Waals surface area contributed by atoms with Crippen molar-refractivity contribution in [2.75, 3.05) is 18.5 Å². The Hall–Kier alpha value is -3.91. The minimum atomic E-state index is -1.16. The lowest BCUT2D eigenvalue weighted by molar-refractivity contribution is -0.384. The van der Waals surface area contributed by atoms with E-state index in [9.17, 15) is 25.0 Å². The average molecular weight is 490 g/mol. The van der Waals surface area contributed by atoms with Crippen LogP contribution in [0.4, 0.5) is 11.4 Å². The van der Waals surface area contributed by atoms with Crippen LogP contribution in [0.25, 0.3) is 6.08 Å². The lowest BCUT2D eigenvalue weighted by Gasteiger charge is -2.13. The number of carbonyl (C=O) groups is 2. The number of nitrogens with one attached hydrogen (secondary N) is 1. The molecule has 2 aromatic carbocycles. The lowest BCUT2D eigenvalue weighted by Crippen LogP contribution is -2.13. The molecule has 11 heteroatoms. The number of aliphatic carboxylic acids is 1. The summed E-state index contributed by atoms with van der Waals surface area (Å²) in [7, 11) is 0. The van der Waals surface area contributed by atoms with Gasteiger partial charge in [-0.25, -0.2) is 4.79 Å². The van der Waals surface area contributed by atoms with Crippen LogP contribution in [-0.2, 0) is 9.59 Å². The van der Waals surface area contributed by atoms with Crippen LogP contribution < -0.4 is 14.8 Å². The number of carbonyl (C=O) groups excluding carboxylic acids is 1. The molecule has 0 saturated heterocycles. The molecule has 160 valence electrons. The van der Waals surface area contributed by atoms with E-state index in [4.69, 9.17) is 14.6 Å². The quantitative estimate of drug-likeness (QED) is 0.233. The van der Waals surface area contributed by atoms with Crippen LogP contribution >= 0.6 is 15.9 Å². The van der Waals surface area contributed by atoms with Crippen molar-refractivity contribution >= 4 is 45.3 Å². The number of carboxylic acid groups (broad SMARTS) is 1. The highest BCUT2D eigenvalue weighted by atomic mass is 79.9. The second kappa shape index (κ2) is 10.7. The van der Waals surface area contributed by atoms with Crippen LogP contribution in [0, 0.1) is 21.4 Å². The summed E-state index contributed by atoms with van der Waals surface area (Å²) >= 11 is 3.29. The highest BCUT2D eigenvalue weighted by Crippen LogP contribution is 2.35. The van der Waals surface area contributed by atoms with Crippen LogP contribution in [0.5, 0.6) is 11.5 Å². The molecule has 0 unspecified atom stereocenters. The van der Waals surface area contributed by atoms with E-state index in [1.807, 2.05) is 0 Å². The van der Waals surface area contributed by atoms with Gasteiger partial charge in [-0.05, 0) is 36.8 Å². The summed E-state index contributed by atoms with van der Waals surface area (Å²) in [6.45, 7) is 1.43. The molecule has 0 radical (unpaired) electrons. The van der Waals surface area contributed by atoms with Gasteiger partial charge in [0.2, 0.25) is 0 Å². The van der Waals surface area contributed by atoms with Crippen molar-refractivity contribution in [1.82, 2.24) is 0 Å². The molecule has 0 aliphatic rings. The smallest absolute Gasteiger partial charge is 0.341 e. The van der Waals surface area contributed by atoms with E-state index in [1.54, 1.807) is 13.0 Å². The number of hydrogen-bond acceptors (Lipinski definition) is 7. The SMILES string of the molecule is CCOc1cc(/C=C(\C#N)C(=O)Nc2cccc([N+](=O)[O-])c2)c(Br)cc1OCC(=O)O. The summed E-state index contributed by atoms with van der Waals surface area (Å²) in [5.74, 6) is -1.52. The van der Waals surface area contributed by atoms with E-state index in [2.05, 4.69) is 21.2 Å². The zero-order valence-electron chi connectivity index (χ0n) is 16.1. The molecule has 0 bridgehead atoms. The third-order valence-electron chi connectivity index (χ3n) is 3.69. The molecule has 2 aromatic rings. The summed E-state index contributed by atoms with van der Waals surface area (Å²) in [6.07, 6.45) is 1.29. The molecule has 0 fully saturated rings. The van der Waals surface area contributed by atoms with Crippen molar-refractivity contribution in [2.45, 2.75) is 6.92 Å². The fourth-order valence-corrected chi connectivity index (χ4v) is 2.82. The third kappa shape index (κ3) is 6.55. The first kappa shape index (κ1) is 23.4. The summed E-state index contributed by atoms with van der Waals surface area (Å²) in [4.78, 5) is 33.5. The number of nitrogens with zero attached hydrogens (tertiary/aromatic N) is 2. The van der Waals surface area contributed by atoms with Crippen molar-refractivity contribution in [1.29, 1.82) is 5.26 Å². The number of nitriles is 1. The molecule has 2 N–H and O–H groups in total. The van der Waals surface area contributed by atoms with Crippen LogP contribution in [0.3, 0.4) is 0 Å². The number of rotatable bonds is 9. The molecule has 0 atom stereocenters. The second-order valence-electron chi connectivity index (χ2n) is 5.87. The molecule has 10 nitrogen and oxygen atoms in total. The number of nitro groups is 1. The fourth-order valence-electron chi connectivity index (χ4n) is 2.38. The molecular formula is C20H16BrN3O7. The van der Waals surface area contributed by atoms with Crippen molar-refractivity contribution in [3.05, 3.63) is 62.1 Å². The summed E-state index contributed by atoms with van der Waals surface area (Å²) in [6, 6.07) is 10.0. The number of ether oxygens (including phenoxy) is 2. The van der Waals surface area contributed by atoms with Gasteiger partial charge in [-0.3, -0.25) is 14.9 Å². The summed E-state index contributed by atoms with van der Waals surface area (Å²) < 4.78 is 11.1. The van der Waals surface area contributed by atoms with E-state index in [1.165, 1.54) is 42.5 Å². The molecule has 0 spiro atoms. The van der Waals surface area contributed by atoms with Gasteiger partial charge in [0.05, 0.1) is 11.5 Å². The van der Waals surface area contributed by atoms with Crippen LogP contribution in [0.15, 0.2) is 46.4 Å². The Morgan fingerprint density at radius 3 is 2.61 bits per heavy atom. The first-order chi connectivity index (χ1) is 14.7. The van der Waals surface area contributed by atoms with Gasteiger partial charge in [0, 0.05) is 22.3 Å². The van der Waals surface area contributed by atoms with E-state index >= 15 is 0 Å². The fraction of sp³-hybridized carbons (Fsp3) is 0.150. The Bertz CT molecular complexity index is 1090. The first-order valence-electron chi connectivity index (χ1n) is 8.73. The highest BCUT2D eigenvalue weighted by Gasteiger charge is 2.15. The van der Waals surface area contributed by atoms with Gasteiger partial charge in [0.25, 0.3) is 11.6 Å². The topological polar surface area (TPSA) is 152 Å². The Balaban J connectivity index is 2.34. The van der Waals surface area contributed by atoms with E-state index < -0.39 is 23.4 Å². The second-order valence-corrected chi connectivity index (χ2v) is 6.72. The van der Waals surface area contributed by atoms with Crippen molar-refractivity contribution in [3.63, 3.8) is 0 Å². The number of non-ortho nitro benzene ring substituents is 1. The molecule has 0 aliphatic heterocycles. The first-order valence-corrected chi connectivity index (χ1v) is 9.53. The molecule has 0 saturated carbocycles. The van der Waals surface area contributed by atoms with Gasteiger partial charge in [-0.2, -0.15) is 5.26 Å². The maximum Gasteiger partial charge on any atom is 0.341 e. The van der Waals surface area contributed by atoms with Gasteiger partial charge >= 0.3 is 5.97 Å². The Kier molecular flexibility index (Phi) is 8.10. The molecule has 0 aliphatic carbocycles. The molecule has 2 rings (SSSR count). The number of nitro benzene ring substituents is 1. The zero-order valence-corrected chi connectivity index (χ0v) is 17.7. The minimum absolute atomic E-state index is 0.159. The number of carboxylic acids is 1. The lowest BCUT2D eigenvalue weighted by atomic mass is 10.1. The number of anilines is 1. The molecule has 0 aromatic heterocycles. The summed E-state index contributed by atoms with van der Waals surface area (Å²) in [5, 5.41) is 31.5. The van der Waals surface area contributed by atoms with Crippen molar-refractivity contribution < 1.29 is 29.1 Å². The predicted octanol–water partition coefficient (Wildman–Crippen LogP) is 3.77. The zero-order chi connectivity index (χ0) is 23.0. The Morgan fingerprint density at radius 1 is 1.29 bits per heavy atom. The standard InChI is InChI=1S/C20H16BrN3O7/c1-2-30-17-7-12(16(21)9-18(17)31-11-19(25)26)6-13(10-22)20(27)23-14-4-3-5-15(8-14)24(28)29/h3-9H,2,11H2,1H3,(H,23,27)(H,25,26)/b13-6+. The van der Waals surface area contributed by atoms with Gasteiger partial charge in [0.15, 0.2) is 18.1 Å². The molecule has 0 heterocycles. The molecular weight excluding hydrogens is 474 g/mol. The van der Waals surface area contributed by atoms with Gasteiger partial charge in [-0.15, -0.1) is 0 Å². The maximum absolute atomic E-state index is 12.5. The van der Waals surface area contributed by atoms with Gasteiger partial charge in [-0.1, -0.05) is 22.0 Å². The maximum atomic E-state index is 12.5. The number of amides is 1. The highest BCUT2D eigenvalue weighted by molar-refractivity contribution is 9.10. The van der Waals surface area contributed by atoms with E-state index in [0.717, 1.165) is 0 Å². The van der Waals surface area contributed by atoms with Gasteiger partial charge < -0.3 is 19.9 Å². The van der Waals surface area contributed by atoms with Crippen molar-refractivity contribution in [3.8, 4) is 17.6 Å². The van der Waals surface area contributed by atoms with Gasteiger partial charge in [0.1, 0.15) is 11.6 Å². The van der Waals surface area contributed by atoms with E-state index in [-0.39, 0.29) is 35.1 Å². The Morgan fingerprint density at radius 2 is 2.00 bits per heavy atom. The summed E-state index contributed by atoms with van der Waals surface area (Å²) in [5.41, 5.74) is 0.0823. The van der Waals surface area contributed by atoms with E-state index in [0.29, 0.717) is 10.0 Å². The molecule has 31 heavy (non-hydrogen) atoms. The molecule has 1 amide bonds.